The van der Waals surface area contributed by atoms with Gasteiger partial charge < -0.3 is 5.32 Å². The summed E-state index contributed by atoms with van der Waals surface area (Å²) in [6, 6.07) is 17.1. The summed E-state index contributed by atoms with van der Waals surface area (Å²) in [6.07, 6.45) is 4.77. The standard InChI is InChI=1S/C22H14BrFN4O/c23-18-12-16(24)6-7-19(18)27-22(29)17-13-26-21(15-4-2-1-3-5-15)28-20(17)14-8-10-25-11-9-14/h1-13H,(H,27,29). The van der Waals surface area contributed by atoms with E-state index in [1.807, 2.05) is 30.3 Å². The van der Waals surface area contributed by atoms with Crippen LogP contribution in [-0.4, -0.2) is 20.9 Å². The van der Waals surface area contributed by atoms with Gasteiger partial charge in [0.05, 0.1) is 16.9 Å². The van der Waals surface area contributed by atoms with Gasteiger partial charge in [-0.05, 0) is 46.3 Å². The molecule has 0 atom stereocenters. The average molecular weight is 449 g/mol. The zero-order chi connectivity index (χ0) is 20.2. The molecule has 0 unspecified atom stereocenters. The van der Waals surface area contributed by atoms with Crippen LogP contribution in [0.2, 0.25) is 0 Å². The van der Waals surface area contributed by atoms with Crippen LogP contribution in [-0.2, 0) is 0 Å². The van der Waals surface area contributed by atoms with Gasteiger partial charge in [-0.2, -0.15) is 0 Å². The molecule has 0 spiro atoms. The zero-order valence-electron chi connectivity index (χ0n) is 15.0. The van der Waals surface area contributed by atoms with Crippen molar-refractivity contribution in [2.24, 2.45) is 0 Å². The second-order valence-corrected chi connectivity index (χ2v) is 6.99. The summed E-state index contributed by atoms with van der Waals surface area (Å²) in [6.45, 7) is 0. The van der Waals surface area contributed by atoms with Crippen LogP contribution in [0.4, 0.5) is 10.1 Å². The molecule has 4 rings (SSSR count). The van der Waals surface area contributed by atoms with Gasteiger partial charge in [0.2, 0.25) is 0 Å². The zero-order valence-corrected chi connectivity index (χ0v) is 16.6. The first-order valence-electron chi connectivity index (χ1n) is 8.71. The lowest BCUT2D eigenvalue weighted by molar-refractivity contribution is 0.102. The van der Waals surface area contributed by atoms with E-state index in [0.717, 1.165) is 11.1 Å². The Bertz CT molecular complexity index is 1170. The van der Waals surface area contributed by atoms with Gasteiger partial charge >= 0.3 is 0 Å². The third-order valence-corrected chi connectivity index (χ3v) is 4.85. The first-order chi connectivity index (χ1) is 14.1. The van der Waals surface area contributed by atoms with E-state index >= 15 is 0 Å². The molecular formula is C22H14BrFN4O. The maximum Gasteiger partial charge on any atom is 0.259 e. The summed E-state index contributed by atoms with van der Waals surface area (Å²) < 4.78 is 13.8. The maximum absolute atomic E-state index is 13.3. The van der Waals surface area contributed by atoms with Crippen molar-refractivity contribution in [3.63, 3.8) is 0 Å². The fourth-order valence-electron chi connectivity index (χ4n) is 2.78. The molecule has 7 heteroatoms. The van der Waals surface area contributed by atoms with Crippen molar-refractivity contribution in [3.8, 4) is 22.6 Å². The lowest BCUT2D eigenvalue weighted by atomic mass is 10.1. The third kappa shape index (κ3) is 4.20. The summed E-state index contributed by atoms with van der Waals surface area (Å²) in [5, 5.41) is 2.78. The molecule has 0 radical (unpaired) electrons. The number of carbonyl (C=O) groups is 1. The Morgan fingerprint density at radius 3 is 2.45 bits per heavy atom. The highest BCUT2D eigenvalue weighted by atomic mass is 79.9. The second kappa shape index (κ2) is 8.28. The molecule has 0 aliphatic rings. The molecule has 0 saturated heterocycles. The van der Waals surface area contributed by atoms with Crippen LogP contribution < -0.4 is 5.32 Å². The third-order valence-electron chi connectivity index (χ3n) is 4.20. The lowest BCUT2D eigenvalue weighted by Crippen LogP contribution is -2.15. The number of amides is 1. The van der Waals surface area contributed by atoms with E-state index in [9.17, 15) is 9.18 Å². The van der Waals surface area contributed by atoms with Crippen molar-refractivity contribution in [1.82, 2.24) is 15.0 Å². The summed E-state index contributed by atoms with van der Waals surface area (Å²) in [5.74, 6) is -0.288. The molecule has 0 aliphatic heterocycles. The Kier molecular flexibility index (Phi) is 5.39. The minimum Gasteiger partial charge on any atom is -0.321 e. The monoisotopic (exact) mass is 448 g/mol. The number of anilines is 1. The van der Waals surface area contributed by atoms with Crippen molar-refractivity contribution < 1.29 is 9.18 Å². The van der Waals surface area contributed by atoms with Crippen LogP contribution >= 0.6 is 15.9 Å². The van der Waals surface area contributed by atoms with Crippen LogP contribution in [0, 0.1) is 5.82 Å². The molecule has 29 heavy (non-hydrogen) atoms. The molecule has 2 aromatic carbocycles. The summed E-state index contributed by atoms with van der Waals surface area (Å²) >= 11 is 3.26. The molecule has 1 N–H and O–H groups in total. The Morgan fingerprint density at radius 2 is 1.72 bits per heavy atom. The van der Waals surface area contributed by atoms with E-state index < -0.39 is 11.7 Å². The number of aromatic nitrogens is 3. The van der Waals surface area contributed by atoms with Crippen LogP contribution in [0.25, 0.3) is 22.6 Å². The lowest BCUT2D eigenvalue weighted by Gasteiger charge is -2.12. The molecule has 0 bridgehead atoms. The Hall–Kier alpha value is -3.45. The smallest absolute Gasteiger partial charge is 0.259 e. The Labute approximate surface area is 174 Å². The number of nitrogens with zero attached hydrogens (tertiary/aromatic N) is 3. The van der Waals surface area contributed by atoms with Crippen LogP contribution in [0.3, 0.4) is 0 Å². The van der Waals surface area contributed by atoms with Gasteiger partial charge in [-0.15, -0.1) is 0 Å². The second-order valence-electron chi connectivity index (χ2n) is 6.14. The molecular weight excluding hydrogens is 435 g/mol. The molecule has 0 aliphatic carbocycles. The van der Waals surface area contributed by atoms with Gasteiger partial charge in [0.15, 0.2) is 5.82 Å². The number of hydrogen-bond donors (Lipinski definition) is 1. The van der Waals surface area contributed by atoms with Crippen molar-refractivity contribution >= 4 is 27.5 Å². The van der Waals surface area contributed by atoms with Crippen molar-refractivity contribution in [2.75, 3.05) is 5.32 Å². The first kappa shape index (κ1) is 18.9. The van der Waals surface area contributed by atoms with Crippen molar-refractivity contribution in [1.29, 1.82) is 0 Å². The molecule has 5 nitrogen and oxygen atoms in total. The van der Waals surface area contributed by atoms with E-state index in [1.165, 1.54) is 24.4 Å². The maximum atomic E-state index is 13.3. The number of nitrogens with one attached hydrogen (secondary N) is 1. The predicted molar refractivity (Wildman–Crippen MR) is 113 cm³/mol. The molecule has 142 valence electrons. The summed E-state index contributed by atoms with van der Waals surface area (Å²) in [5.41, 5.74) is 2.81. The minimum atomic E-state index is -0.400. The molecule has 2 aromatic heterocycles. The van der Waals surface area contributed by atoms with E-state index in [0.29, 0.717) is 27.2 Å². The van der Waals surface area contributed by atoms with E-state index in [-0.39, 0.29) is 0 Å². The molecule has 4 aromatic rings. The highest BCUT2D eigenvalue weighted by Crippen LogP contribution is 2.27. The number of halogens is 2. The number of benzene rings is 2. The van der Waals surface area contributed by atoms with Gasteiger partial charge in [0.25, 0.3) is 5.91 Å². The van der Waals surface area contributed by atoms with E-state index in [4.69, 9.17) is 0 Å². The predicted octanol–water partition coefficient (Wildman–Crippen LogP) is 5.36. The first-order valence-corrected chi connectivity index (χ1v) is 9.50. The number of hydrogen-bond acceptors (Lipinski definition) is 4. The Balaban J connectivity index is 1.77. The fourth-order valence-corrected chi connectivity index (χ4v) is 3.23. The fraction of sp³-hybridized carbons (Fsp3) is 0. The minimum absolute atomic E-state index is 0.298. The Morgan fingerprint density at radius 1 is 0.966 bits per heavy atom. The van der Waals surface area contributed by atoms with Crippen molar-refractivity contribution in [3.05, 3.63) is 95.1 Å². The normalized spacial score (nSPS) is 10.6. The number of pyridine rings is 1. The van der Waals surface area contributed by atoms with Crippen LogP contribution in [0.5, 0.6) is 0 Å². The molecule has 2 heterocycles. The number of rotatable bonds is 4. The van der Waals surface area contributed by atoms with Crippen molar-refractivity contribution in [2.45, 2.75) is 0 Å². The van der Waals surface area contributed by atoms with Gasteiger partial charge in [-0.3, -0.25) is 9.78 Å². The van der Waals surface area contributed by atoms with Gasteiger partial charge in [-0.25, -0.2) is 14.4 Å². The van der Waals surface area contributed by atoms with Gasteiger partial charge in [0.1, 0.15) is 5.82 Å². The van der Waals surface area contributed by atoms with Crippen LogP contribution in [0.1, 0.15) is 10.4 Å². The number of carbonyl (C=O) groups excluding carboxylic acids is 1. The molecule has 1 amide bonds. The quantitative estimate of drug-likeness (QED) is 0.456. The molecule has 0 fully saturated rings. The topological polar surface area (TPSA) is 67.8 Å². The SMILES string of the molecule is O=C(Nc1ccc(F)cc1Br)c1cnc(-c2ccccc2)nc1-c1ccncc1. The van der Waals surface area contributed by atoms with Crippen LogP contribution in [0.15, 0.2) is 83.7 Å². The highest BCUT2D eigenvalue weighted by molar-refractivity contribution is 9.10. The highest BCUT2D eigenvalue weighted by Gasteiger charge is 2.18. The summed E-state index contributed by atoms with van der Waals surface area (Å²) in [4.78, 5) is 26.0. The van der Waals surface area contributed by atoms with Gasteiger partial charge in [0, 0.05) is 34.2 Å². The molecule has 0 saturated carbocycles. The van der Waals surface area contributed by atoms with E-state index in [2.05, 4.69) is 36.2 Å². The van der Waals surface area contributed by atoms with Gasteiger partial charge in [-0.1, -0.05) is 30.3 Å². The average Bonchev–Trinajstić information content (AvgIpc) is 2.76. The largest absolute Gasteiger partial charge is 0.321 e. The van der Waals surface area contributed by atoms with E-state index in [1.54, 1.807) is 24.5 Å². The summed E-state index contributed by atoms with van der Waals surface area (Å²) in [7, 11) is 0.